The Morgan fingerprint density at radius 1 is 1.14 bits per heavy atom. The Morgan fingerprint density at radius 2 is 1.81 bits per heavy atom. The summed E-state index contributed by atoms with van der Waals surface area (Å²) in [6.45, 7) is 0. The molecule has 0 spiro atoms. The van der Waals surface area contributed by atoms with E-state index < -0.39 is 15.8 Å². The van der Waals surface area contributed by atoms with Crippen LogP contribution >= 0.6 is 0 Å². The second-order valence-corrected chi connectivity index (χ2v) is 6.32. The van der Waals surface area contributed by atoms with Crippen LogP contribution in [0.2, 0.25) is 0 Å². The van der Waals surface area contributed by atoms with E-state index in [2.05, 4.69) is 9.97 Å². The number of nitrogens with zero attached hydrogens (tertiary/aromatic N) is 2. The molecule has 0 saturated heterocycles. The van der Waals surface area contributed by atoms with Gasteiger partial charge in [-0.15, -0.1) is 0 Å². The van der Waals surface area contributed by atoms with E-state index in [1.807, 2.05) is 0 Å². The molecule has 0 fully saturated rings. The van der Waals surface area contributed by atoms with E-state index in [1.165, 1.54) is 24.5 Å². The van der Waals surface area contributed by atoms with E-state index in [0.717, 1.165) is 11.8 Å². The summed E-state index contributed by atoms with van der Waals surface area (Å²) in [6, 6.07) is 7.69. The van der Waals surface area contributed by atoms with Crippen LogP contribution in [0, 0.1) is 0 Å². The van der Waals surface area contributed by atoms with Crippen molar-refractivity contribution in [3.05, 3.63) is 53.6 Å². The lowest BCUT2D eigenvalue weighted by Crippen LogP contribution is -2.00. The summed E-state index contributed by atoms with van der Waals surface area (Å²) in [5.41, 5.74) is 1.14. The lowest BCUT2D eigenvalue weighted by Gasteiger charge is -1.99. The van der Waals surface area contributed by atoms with Gasteiger partial charge < -0.3 is 5.11 Å². The zero-order valence-electron chi connectivity index (χ0n) is 11.1. The second kappa shape index (κ2) is 5.84. The zero-order chi connectivity index (χ0) is 15.5. The molecule has 2 rings (SSSR count). The summed E-state index contributed by atoms with van der Waals surface area (Å²) in [5, 5.41) is 8.83. The van der Waals surface area contributed by atoms with Crippen molar-refractivity contribution < 1.29 is 18.3 Å². The third-order valence-electron chi connectivity index (χ3n) is 2.66. The molecular weight excluding hydrogens is 292 g/mol. The number of carboxylic acid groups (broad SMARTS) is 1. The smallest absolute Gasteiger partial charge is 0.354 e. The molecule has 0 aliphatic rings. The predicted octanol–water partition coefficient (Wildman–Crippen LogP) is 1.75. The summed E-state index contributed by atoms with van der Waals surface area (Å²) in [6.07, 6.45) is 5.66. The van der Waals surface area contributed by atoms with E-state index in [-0.39, 0.29) is 10.6 Å². The minimum absolute atomic E-state index is 0.0860. The van der Waals surface area contributed by atoms with Gasteiger partial charge in [0.1, 0.15) is 6.33 Å². The van der Waals surface area contributed by atoms with Crippen molar-refractivity contribution in [2.45, 2.75) is 4.90 Å². The van der Waals surface area contributed by atoms with E-state index >= 15 is 0 Å². The van der Waals surface area contributed by atoms with Gasteiger partial charge in [-0.1, -0.05) is 18.2 Å². The molecule has 1 aromatic carbocycles. The summed E-state index contributed by atoms with van der Waals surface area (Å²) in [7, 11) is -3.21. The highest BCUT2D eigenvalue weighted by Crippen LogP contribution is 2.12. The molecule has 108 valence electrons. The molecule has 0 aliphatic carbocycles. The Morgan fingerprint density at radius 3 is 2.38 bits per heavy atom. The molecule has 0 aliphatic heterocycles. The van der Waals surface area contributed by atoms with E-state index in [1.54, 1.807) is 24.3 Å². The maximum absolute atomic E-state index is 11.3. The van der Waals surface area contributed by atoms with Gasteiger partial charge in [-0.3, -0.25) is 0 Å². The van der Waals surface area contributed by atoms with Gasteiger partial charge in [-0.05, 0) is 29.8 Å². The van der Waals surface area contributed by atoms with Crippen LogP contribution in [0.4, 0.5) is 0 Å². The molecule has 6 nitrogen and oxygen atoms in total. The molecule has 0 amide bonds. The fourth-order valence-electron chi connectivity index (χ4n) is 1.59. The van der Waals surface area contributed by atoms with Crippen LogP contribution in [0.15, 0.2) is 41.6 Å². The van der Waals surface area contributed by atoms with Crippen molar-refractivity contribution in [2.75, 3.05) is 6.26 Å². The topological polar surface area (TPSA) is 97.2 Å². The third-order valence-corrected chi connectivity index (χ3v) is 3.79. The summed E-state index contributed by atoms with van der Waals surface area (Å²) < 4.78 is 22.7. The SMILES string of the molecule is CS(=O)(=O)c1ccc(/C=C/c2cc(C(=O)O)ncn2)cc1. The highest BCUT2D eigenvalue weighted by atomic mass is 32.2. The molecule has 0 unspecified atom stereocenters. The summed E-state index contributed by atoms with van der Waals surface area (Å²) >= 11 is 0. The first kappa shape index (κ1) is 14.9. The van der Waals surface area contributed by atoms with Gasteiger partial charge in [0.15, 0.2) is 15.5 Å². The van der Waals surface area contributed by atoms with E-state index in [0.29, 0.717) is 5.69 Å². The van der Waals surface area contributed by atoms with Crippen LogP contribution in [-0.2, 0) is 9.84 Å². The highest BCUT2D eigenvalue weighted by Gasteiger charge is 2.06. The monoisotopic (exact) mass is 304 g/mol. The average molecular weight is 304 g/mol. The Labute approximate surface area is 121 Å². The largest absolute Gasteiger partial charge is 0.477 e. The van der Waals surface area contributed by atoms with Crippen LogP contribution in [0.25, 0.3) is 12.2 Å². The molecule has 21 heavy (non-hydrogen) atoms. The normalized spacial score (nSPS) is 11.7. The number of rotatable bonds is 4. The number of sulfone groups is 1. The molecular formula is C14H12N2O4S. The number of carbonyl (C=O) groups is 1. The van der Waals surface area contributed by atoms with Gasteiger partial charge in [-0.2, -0.15) is 0 Å². The van der Waals surface area contributed by atoms with E-state index in [4.69, 9.17) is 5.11 Å². The Kier molecular flexibility index (Phi) is 4.13. The fraction of sp³-hybridized carbons (Fsp3) is 0.0714. The molecule has 0 saturated carbocycles. The van der Waals surface area contributed by atoms with Crippen LogP contribution in [0.3, 0.4) is 0 Å². The Bertz CT molecular complexity index is 796. The maximum Gasteiger partial charge on any atom is 0.354 e. The van der Waals surface area contributed by atoms with E-state index in [9.17, 15) is 13.2 Å². The number of carboxylic acids is 1. The lowest BCUT2D eigenvalue weighted by atomic mass is 10.2. The minimum Gasteiger partial charge on any atom is -0.477 e. The van der Waals surface area contributed by atoms with Gasteiger partial charge in [0, 0.05) is 6.26 Å². The molecule has 0 bridgehead atoms. The maximum atomic E-state index is 11.3. The quantitative estimate of drug-likeness (QED) is 0.924. The van der Waals surface area contributed by atoms with Crippen LogP contribution in [0.5, 0.6) is 0 Å². The van der Waals surface area contributed by atoms with Crippen molar-refractivity contribution in [2.24, 2.45) is 0 Å². The molecule has 1 heterocycles. The first-order valence-corrected chi connectivity index (χ1v) is 7.79. The fourth-order valence-corrected chi connectivity index (χ4v) is 2.22. The van der Waals surface area contributed by atoms with Gasteiger partial charge in [-0.25, -0.2) is 23.2 Å². The van der Waals surface area contributed by atoms with Gasteiger partial charge in [0.05, 0.1) is 10.6 Å². The van der Waals surface area contributed by atoms with Gasteiger partial charge in [0.2, 0.25) is 0 Å². The number of aromatic carboxylic acids is 1. The molecule has 0 atom stereocenters. The third kappa shape index (κ3) is 3.96. The van der Waals surface area contributed by atoms with Crippen molar-refractivity contribution in [1.82, 2.24) is 9.97 Å². The Hall–Kier alpha value is -2.54. The molecule has 7 heteroatoms. The molecule has 1 N–H and O–H groups in total. The summed E-state index contributed by atoms with van der Waals surface area (Å²) in [4.78, 5) is 18.6. The van der Waals surface area contributed by atoms with Crippen LogP contribution in [-0.4, -0.2) is 35.7 Å². The second-order valence-electron chi connectivity index (χ2n) is 4.31. The van der Waals surface area contributed by atoms with Crippen molar-refractivity contribution >= 4 is 28.0 Å². The lowest BCUT2D eigenvalue weighted by molar-refractivity contribution is 0.0690. The number of hydrogen-bond acceptors (Lipinski definition) is 5. The first-order chi connectivity index (χ1) is 9.86. The number of aromatic nitrogens is 2. The summed E-state index contributed by atoms with van der Waals surface area (Å²) in [5.74, 6) is -1.12. The van der Waals surface area contributed by atoms with Crippen LogP contribution in [0.1, 0.15) is 21.7 Å². The van der Waals surface area contributed by atoms with Gasteiger partial charge in [0.25, 0.3) is 0 Å². The highest BCUT2D eigenvalue weighted by molar-refractivity contribution is 7.90. The zero-order valence-corrected chi connectivity index (χ0v) is 11.9. The van der Waals surface area contributed by atoms with Crippen molar-refractivity contribution in [3.8, 4) is 0 Å². The molecule has 1 aromatic heterocycles. The Balaban J connectivity index is 2.22. The first-order valence-electron chi connectivity index (χ1n) is 5.90. The molecule has 2 aromatic rings. The van der Waals surface area contributed by atoms with Crippen molar-refractivity contribution in [3.63, 3.8) is 0 Å². The van der Waals surface area contributed by atoms with Crippen LogP contribution < -0.4 is 0 Å². The van der Waals surface area contributed by atoms with Crippen molar-refractivity contribution in [1.29, 1.82) is 0 Å². The minimum atomic E-state index is -3.21. The standard InChI is InChI=1S/C14H12N2O4S/c1-21(19,20)12-6-3-10(4-7-12)2-5-11-8-13(14(17)18)16-9-15-11/h2-9H,1H3,(H,17,18)/b5-2+. The number of benzene rings is 1. The van der Waals surface area contributed by atoms with Gasteiger partial charge >= 0.3 is 5.97 Å². The average Bonchev–Trinajstić information content (AvgIpc) is 2.45. The molecule has 0 radical (unpaired) electrons. The predicted molar refractivity (Wildman–Crippen MR) is 77.5 cm³/mol. The number of hydrogen-bond donors (Lipinski definition) is 1.